The van der Waals surface area contributed by atoms with Crippen molar-refractivity contribution in [3.05, 3.63) is 83.8 Å². The van der Waals surface area contributed by atoms with Crippen molar-refractivity contribution >= 4 is 17.6 Å². The Labute approximate surface area is 150 Å². The number of amides is 1. The molecule has 0 atom stereocenters. The van der Waals surface area contributed by atoms with Crippen LogP contribution in [-0.4, -0.2) is 19.0 Å². The van der Waals surface area contributed by atoms with Crippen LogP contribution in [0.1, 0.15) is 26.7 Å². The number of para-hydroxylation sites is 2. The van der Waals surface area contributed by atoms with Crippen molar-refractivity contribution in [1.29, 1.82) is 0 Å². The lowest BCUT2D eigenvalue weighted by Crippen LogP contribution is -2.13. The number of benzene rings is 2. The maximum absolute atomic E-state index is 12.5. The van der Waals surface area contributed by atoms with E-state index in [2.05, 4.69) is 10.1 Å². The van der Waals surface area contributed by atoms with Crippen molar-refractivity contribution in [3.63, 3.8) is 0 Å². The molecule has 6 heteroatoms. The molecule has 132 valence electrons. The summed E-state index contributed by atoms with van der Waals surface area (Å²) in [5.41, 5.74) is 1.09. The molecular weight excluding hydrogens is 334 g/mol. The van der Waals surface area contributed by atoms with E-state index in [1.165, 1.54) is 13.2 Å². The number of rotatable bonds is 6. The molecule has 0 aliphatic rings. The molecular formula is C20H17NO5. The third kappa shape index (κ3) is 4.10. The van der Waals surface area contributed by atoms with E-state index in [0.29, 0.717) is 22.8 Å². The first-order chi connectivity index (χ1) is 12.7. The zero-order valence-electron chi connectivity index (χ0n) is 14.1. The monoisotopic (exact) mass is 351 g/mol. The molecule has 26 heavy (non-hydrogen) atoms. The standard InChI is InChI=1S/C20H17NO5/c1-24-20(23)18-12-11-15(26-18)13-25-17-10-6-5-9-16(17)19(22)21-14-7-3-2-4-8-14/h2-12H,13H2,1H3,(H,21,22). The molecule has 0 radical (unpaired) electrons. The Morgan fingerprint density at radius 1 is 0.962 bits per heavy atom. The molecule has 3 aromatic rings. The zero-order valence-corrected chi connectivity index (χ0v) is 14.1. The van der Waals surface area contributed by atoms with E-state index in [-0.39, 0.29) is 18.3 Å². The van der Waals surface area contributed by atoms with Gasteiger partial charge in [-0.1, -0.05) is 30.3 Å². The lowest BCUT2D eigenvalue weighted by Gasteiger charge is -2.11. The minimum absolute atomic E-state index is 0.0760. The van der Waals surface area contributed by atoms with Crippen LogP contribution in [0, 0.1) is 0 Å². The molecule has 2 aromatic carbocycles. The van der Waals surface area contributed by atoms with E-state index in [0.717, 1.165) is 0 Å². The molecule has 1 N–H and O–H groups in total. The fourth-order valence-electron chi connectivity index (χ4n) is 2.31. The van der Waals surface area contributed by atoms with Crippen LogP contribution in [0.2, 0.25) is 0 Å². The summed E-state index contributed by atoms with van der Waals surface area (Å²) in [7, 11) is 1.28. The summed E-state index contributed by atoms with van der Waals surface area (Å²) in [6.45, 7) is 0.0760. The highest BCUT2D eigenvalue weighted by molar-refractivity contribution is 6.06. The van der Waals surface area contributed by atoms with E-state index in [1.807, 2.05) is 18.2 Å². The highest BCUT2D eigenvalue weighted by Crippen LogP contribution is 2.21. The number of nitrogens with one attached hydrogen (secondary N) is 1. The quantitative estimate of drug-likeness (QED) is 0.682. The Morgan fingerprint density at radius 3 is 2.46 bits per heavy atom. The predicted octanol–water partition coefficient (Wildman–Crippen LogP) is 3.90. The van der Waals surface area contributed by atoms with Gasteiger partial charge in [0.1, 0.15) is 18.1 Å². The Kier molecular flexibility index (Phi) is 5.34. The van der Waals surface area contributed by atoms with Gasteiger partial charge in [-0.2, -0.15) is 0 Å². The summed E-state index contributed by atoms with van der Waals surface area (Å²) in [6, 6.07) is 19.2. The third-order valence-electron chi connectivity index (χ3n) is 3.58. The van der Waals surface area contributed by atoms with Crippen LogP contribution in [0.15, 0.2) is 71.1 Å². The van der Waals surface area contributed by atoms with E-state index in [1.54, 1.807) is 42.5 Å². The zero-order chi connectivity index (χ0) is 18.4. The van der Waals surface area contributed by atoms with Gasteiger partial charge >= 0.3 is 5.97 Å². The van der Waals surface area contributed by atoms with Gasteiger partial charge in [-0.3, -0.25) is 4.79 Å². The number of furan rings is 1. The summed E-state index contributed by atoms with van der Waals surface area (Å²) >= 11 is 0. The van der Waals surface area contributed by atoms with E-state index < -0.39 is 5.97 Å². The van der Waals surface area contributed by atoms with Gasteiger partial charge in [-0.05, 0) is 36.4 Å². The van der Waals surface area contributed by atoms with E-state index >= 15 is 0 Å². The number of carbonyl (C=O) groups is 2. The van der Waals surface area contributed by atoms with Crippen LogP contribution in [0.4, 0.5) is 5.69 Å². The van der Waals surface area contributed by atoms with Crippen molar-refractivity contribution in [1.82, 2.24) is 0 Å². The minimum atomic E-state index is -0.557. The van der Waals surface area contributed by atoms with Crippen molar-refractivity contribution in [3.8, 4) is 5.75 Å². The first kappa shape index (κ1) is 17.3. The average molecular weight is 351 g/mol. The molecule has 1 aromatic heterocycles. The van der Waals surface area contributed by atoms with Gasteiger partial charge in [0.15, 0.2) is 0 Å². The SMILES string of the molecule is COC(=O)c1ccc(COc2ccccc2C(=O)Nc2ccccc2)o1. The second-order valence-corrected chi connectivity index (χ2v) is 5.36. The summed E-state index contributed by atoms with van der Waals surface area (Å²) < 4.78 is 15.6. The average Bonchev–Trinajstić information content (AvgIpc) is 3.16. The van der Waals surface area contributed by atoms with Crippen LogP contribution in [0.3, 0.4) is 0 Å². The molecule has 0 saturated carbocycles. The largest absolute Gasteiger partial charge is 0.485 e. The number of hydrogen-bond acceptors (Lipinski definition) is 5. The lowest BCUT2D eigenvalue weighted by molar-refractivity contribution is 0.0561. The summed E-state index contributed by atoms with van der Waals surface area (Å²) in [4.78, 5) is 23.9. The Bertz CT molecular complexity index is 901. The maximum Gasteiger partial charge on any atom is 0.373 e. The molecule has 1 heterocycles. The topological polar surface area (TPSA) is 77.8 Å². The molecule has 3 rings (SSSR count). The highest BCUT2D eigenvalue weighted by Gasteiger charge is 2.14. The molecule has 0 fully saturated rings. The van der Waals surface area contributed by atoms with Crippen LogP contribution < -0.4 is 10.1 Å². The smallest absolute Gasteiger partial charge is 0.373 e. The van der Waals surface area contributed by atoms with Crippen LogP contribution >= 0.6 is 0 Å². The Hall–Kier alpha value is -3.54. The van der Waals surface area contributed by atoms with Crippen molar-refractivity contribution in [2.75, 3.05) is 12.4 Å². The first-order valence-electron chi connectivity index (χ1n) is 7.92. The molecule has 0 aliphatic carbocycles. The third-order valence-corrected chi connectivity index (χ3v) is 3.58. The van der Waals surface area contributed by atoms with Gasteiger partial charge in [0, 0.05) is 5.69 Å². The van der Waals surface area contributed by atoms with E-state index in [4.69, 9.17) is 9.15 Å². The number of anilines is 1. The van der Waals surface area contributed by atoms with Crippen LogP contribution in [0.25, 0.3) is 0 Å². The summed E-state index contributed by atoms with van der Waals surface area (Å²) in [6.07, 6.45) is 0. The predicted molar refractivity (Wildman–Crippen MR) is 95.2 cm³/mol. The van der Waals surface area contributed by atoms with Gasteiger partial charge in [0.2, 0.25) is 5.76 Å². The first-order valence-corrected chi connectivity index (χ1v) is 7.92. The summed E-state index contributed by atoms with van der Waals surface area (Å²) in [5, 5.41) is 2.82. The number of esters is 1. The Morgan fingerprint density at radius 2 is 1.69 bits per heavy atom. The molecule has 1 amide bonds. The van der Waals surface area contributed by atoms with Crippen molar-refractivity contribution in [2.45, 2.75) is 6.61 Å². The van der Waals surface area contributed by atoms with Gasteiger partial charge in [-0.15, -0.1) is 0 Å². The van der Waals surface area contributed by atoms with Gasteiger partial charge in [0.05, 0.1) is 12.7 Å². The van der Waals surface area contributed by atoms with Gasteiger partial charge in [-0.25, -0.2) is 4.79 Å². The number of hydrogen-bond donors (Lipinski definition) is 1. The molecule has 0 saturated heterocycles. The van der Waals surface area contributed by atoms with Gasteiger partial charge < -0.3 is 19.2 Å². The second kappa shape index (κ2) is 8.02. The summed E-state index contributed by atoms with van der Waals surface area (Å²) in [5.74, 6) is 0.127. The minimum Gasteiger partial charge on any atom is -0.485 e. The van der Waals surface area contributed by atoms with Gasteiger partial charge in [0.25, 0.3) is 5.91 Å². The normalized spacial score (nSPS) is 10.2. The number of carbonyl (C=O) groups excluding carboxylic acids is 2. The molecule has 0 bridgehead atoms. The number of methoxy groups -OCH3 is 1. The molecule has 0 unspecified atom stereocenters. The van der Waals surface area contributed by atoms with Crippen LogP contribution in [0.5, 0.6) is 5.75 Å². The Balaban J connectivity index is 1.70. The molecule has 6 nitrogen and oxygen atoms in total. The van der Waals surface area contributed by atoms with E-state index in [9.17, 15) is 9.59 Å². The maximum atomic E-state index is 12.5. The van der Waals surface area contributed by atoms with Crippen molar-refractivity contribution < 1.29 is 23.5 Å². The number of ether oxygens (including phenoxy) is 2. The lowest BCUT2D eigenvalue weighted by atomic mass is 10.2. The second-order valence-electron chi connectivity index (χ2n) is 5.36. The fourth-order valence-corrected chi connectivity index (χ4v) is 2.31. The molecule has 0 spiro atoms. The fraction of sp³-hybridized carbons (Fsp3) is 0.100. The highest BCUT2D eigenvalue weighted by atomic mass is 16.5. The van der Waals surface area contributed by atoms with Crippen LogP contribution in [-0.2, 0) is 11.3 Å². The molecule has 0 aliphatic heterocycles. The van der Waals surface area contributed by atoms with Crippen molar-refractivity contribution in [2.24, 2.45) is 0 Å².